The average molecular weight is 327 g/mol. The zero-order valence-electron chi connectivity index (χ0n) is 14.0. The molecule has 126 valence electrons. The molecule has 2 aromatic rings. The number of fused-ring (bicyclic) bond motifs is 1. The fraction of sp³-hybridized carbons (Fsp3) is 0.316. The monoisotopic (exact) mass is 327 g/mol. The van der Waals surface area contributed by atoms with Crippen LogP contribution in [-0.4, -0.2) is 39.2 Å². The summed E-state index contributed by atoms with van der Waals surface area (Å²) in [6, 6.07) is 13.1. The predicted octanol–water partition coefficient (Wildman–Crippen LogP) is 3.18. The van der Waals surface area contributed by atoms with E-state index in [0.717, 1.165) is 36.0 Å². The van der Waals surface area contributed by atoms with Crippen LogP contribution in [0.5, 0.6) is 17.2 Å². The van der Waals surface area contributed by atoms with Gasteiger partial charge in [0.15, 0.2) is 5.78 Å². The molecule has 0 spiro atoms. The number of benzene rings is 2. The second-order valence-electron chi connectivity index (χ2n) is 5.60. The number of hydrogen-bond acceptors (Lipinski definition) is 5. The van der Waals surface area contributed by atoms with Gasteiger partial charge in [-0.3, -0.25) is 4.79 Å². The number of rotatable bonds is 6. The lowest BCUT2D eigenvalue weighted by molar-refractivity contribution is 0.101. The molecular weight excluding hydrogens is 306 g/mol. The summed E-state index contributed by atoms with van der Waals surface area (Å²) in [5.41, 5.74) is 1.65. The molecule has 5 nitrogen and oxygen atoms in total. The van der Waals surface area contributed by atoms with E-state index in [9.17, 15) is 4.79 Å². The highest BCUT2D eigenvalue weighted by Gasteiger charge is 2.19. The number of nitrogens with zero attached hydrogens (tertiary/aromatic N) is 1. The minimum Gasteiger partial charge on any atom is -0.497 e. The summed E-state index contributed by atoms with van der Waals surface area (Å²) < 4.78 is 16.6. The Labute approximate surface area is 141 Å². The van der Waals surface area contributed by atoms with E-state index < -0.39 is 0 Å². The Morgan fingerprint density at radius 3 is 2.62 bits per heavy atom. The van der Waals surface area contributed by atoms with Crippen LogP contribution in [-0.2, 0) is 0 Å². The summed E-state index contributed by atoms with van der Waals surface area (Å²) in [7, 11) is 1.64. The summed E-state index contributed by atoms with van der Waals surface area (Å²) in [6.07, 6.45) is 0. The lowest BCUT2D eigenvalue weighted by Gasteiger charge is -2.31. The highest BCUT2D eigenvalue weighted by molar-refractivity contribution is 5.95. The Balaban J connectivity index is 1.64. The van der Waals surface area contributed by atoms with E-state index in [1.807, 2.05) is 36.4 Å². The van der Waals surface area contributed by atoms with Crippen molar-refractivity contribution < 1.29 is 19.0 Å². The van der Waals surface area contributed by atoms with Crippen molar-refractivity contribution in [1.82, 2.24) is 0 Å². The van der Waals surface area contributed by atoms with Gasteiger partial charge in [-0.1, -0.05) is 0 Å². The fourth-order valence-electron chi connectivity index (χ4n) is 2.67. The van der Waals surface area contributed by atoms with Crippen LogP contribution >= 0.6 is 0 Å². The molecule has 0 aromatic heterocycles. The zero-order valence-corrected chi connectivity index (χ0v) is 14.0. The van der Waals surface area contributed by atoms with Crippen molar-refractivity contribution in [2.75, 3.05) is 38.3 Å². The van der Waals surface area contributed by atoms with Crippen LogP contribution in [0.2, 0.25) is 0 Å². The molecular formula is C19H21NO4. The number of Topliss-reactive ketones (excluding diaryl/α,β-unsaturated/α-hetero) is 1. The molecule has 0 radical (unpaired) electrons. The van der Waals surface area contributed by atoms with E-state index in [1.165, 1.54) is 0 Å². The molecule has 0 atom stereocenters. The molecule has 0 fully saturated rings. The van der Waals surface area contributed by atoms with Gasteiger partial charge in [0, 0.05) is 5.56 Å². The molecule has 0 saturated carbocycles. The number of ketones is 1. The number of carbonyl (C=O) groups is 1. The van der Waals surface area contributed by atoms with E-state index >= 15 is 0 Å². The first-order valence-corrected chi connectivity index (χ1v) is 7.97. The second kappa shape index (κ2) is 7.25. The summed E-state index contributed by atoms with van der Waals surface area (Å²) in [5.74, 6) is 2.48. The van der Waals surface area contributed by atoms with Gasteiger partial charge in [0.05, 0.1) is 25.9 Å². The third-order valence-electron chi connectivity index (χ3n) is 4.01. The van der Waals surface area contributed by atoms with Gasteiger partial charge >= 0.3 is 0 Å². The highest BCUT2D eigenvalue weighted by atomic mass is 16.5. The van der Waals surface area contributed by atoms with E-state index in [0.29, 0.717) is 18.8 Å². The lowest BCUT2D eigenvalue weighted by Crippen LogP contribution is -2.36. The standard InChI is InChI=1S/C19H21NO4/c1-14(21)15-3-8-19-18(13-15)20(10-12-24-19)9-11-23-17-6-4-16(22-2)5-7-17/h3-8,13H,9-12H2,1-2H3. The number of hydrogen-bond donors (Lipinski definition) is 0. The molecule has 0 bridgehead atoms. The topological polar surface area (TPSA) is 48.0 Å². The molecule has 0 unspecified atom stereocenters. The van der Waals surface area contributed by atoms with Gasteiger partial charge in [0.2, 0.25) is 0 Å². The van der Waals surface area contributed by atoms with Crippen molar-refractivity contribution in [3.63, 3.8) is 0 Å². The molecule has 1 aliphatic heterocycles. The normalized spacial score (nSPS) is 13.0. The smallest absolute Gasteiger partial charge is 0.159 e. The van der Waals surface area contributed by atoms with Crippen LogP contribution in [0.1, 0.15) is 17.3 Å². The quantitative estimate of drug-likeness (QED) is 0.763. The zero-order chi connectivity index (χ0) is 16.9. The Bertz CT molecular complexity index is 712. The maximum atomic E-state index is 11.6. The third-order valence-corrected chi connectivity index (χ3v) is 4.01. The predicted molar refractivity (Wildman–Crippen MR) is 92.6 cm³/mol. The molecule has 0 N–H and O–H groups in total. The number of methoxy groups -OCH3 is 1. The first-order chi connectivity index (χ1) is 11.7. The van der Waals surface area contributed by atoms with Gasteiger partial charge in [-0.2, -0.15) is 0 Å². The molecule has 2 aromatic carbocycles. The van der Waals surface area contributed by atoms with Crippen molar-refractivity contribution in [3.05, 3.63) is 48.0 Å². The van der Waals surface area contributed by atoms with E-state index in [1.54, 1.807) is 20.1 Å². The molecule has 1 heterocycles. The Hall–Kier alpha value is -2.69. The van der Waals surface area contributed by atoms with Gasteiger partial charge in [0.25, 0.3) is 0 Å². The fourth-order valence-corrected chi connectivity index (χ4v) is 2.67. The van der Waals surface area contributed by atoms with Gasteiger partial charge in [0.1, 0.15) is 30.5 Å². The van der Waals surface area contributed by atoms with Crippen LogP contribution < -0.4 is 19.1 Å². The van der Waals surface area contributed by atoms with Crippen LogP contribution in [0.25, 0.3) is 0 Å². The minimum atomic E-state index is 0.0535. The van der Waals surface area contributed by atoms with Crippen molar-refractivity contribution in [3.8, 4) is 17.2 Å². The first-order valence-electron chi connectivity index (χ1n) is 7.97. The summed E-state index contributed by atoms with van der Waals surface area (Å²) in [5, 5.41) is 0. The van der Waals surface area contributed by atoms with Gasteiger partial charge in [-0.25, -0.2) is 0 Å². The van der Waals surface area contributed by atoms with Crippen LogP contribution in [0.4, 0.5) is 5.69 Å². The molecule has 3 rings (SSSR count). The molecule has 24 heavy (non-hydrogen) atoms. The lowest BCUT2D eigenvalue weighted by atomic mass is 10.1. The van der Waals surface area contributed by atoms with Crippen molar-refractivity contribution in [1.29, 1.82) is 0 Å². The van der Waals surface area contributed by atoms with Gasteiger partial charge in [-0.15, -0.1) is 0 Å². The Morgan fingerprint density at radius 2 is 1.92 bits per heavy atom. The molecule has 0 saturated heterocycles. The van der Waals surface area contributed by atoms with Crippen LogP contribution in [0.3, 0.4) is 0 Å². The molecule has 1 aliphatic rings. The number of carbonyl (C=O) groups excluding carboxylic acids is 1. The van der Waals surface area contributed by atoms with Crippen molar-refractivity contribution in [2.45, 2.75) is 6.92 Å². The largest absolute Gasteiger partial charge is 0.497 e. The van der Waals surface area contributed by atoms with Crippen LogP contribution in [0, 0.1) is 0 Å². The maximum Gasteiger partial charge on any atom is 0.159 e. The summed E-state index contributed by atoms with van der Waals surface area (Å²) >= 11 is 0. The minimum absolute atomic E-state index is 0.0535. The SMILES string of the molecule is COc1ccc(OCCN2CCOc3ccc(C(C)=O)cc32)cc1. The first kappa shape index (κ1) is 16.2. The van der Waals surface area contributed by atoms with E-state index in [-0.39, 0.29) is 5.78 Å². The average Bonchev–Trinajstić information content (AvgIpc) is 2.62. The van der Waals surface area contributed by atoms with E-state index in [4.69, 9.17) is 14.2 Å². The Kier molecular flexibility index (Phi) is 4.89. The molecule has 5 heteroatoms. The molecule has 0 aliphatic carbocycles. The highest BCUT2D eigenvalue weighted by Crippen LogP contribution is 2.32. The summed E-state index contributed by atoms with van der Waals surface area (Å²) in [4.78, 5) is 13.8. The van der Waals surface area contributed by atoms with Crippen molar-refractivity contribution >= 4 is 11.5 Å². The van der Waals surface area contributed by atoms with Gasteiger partial charge in [-0.05, 0) is 49.4 Å². The number of anilines is 1. The van der Waals surface area contributed by atoms with Crippen LogP contribution in [0.15, 0.2) is 42.5 Å². The Morgan fingerprint density at radius 1 is 1.17 bits per heavy atom. The second-order valence-corrected chi connectivity index (χ2v) is 5.60. The maximum absolute atomic E-state index is 11.6. The molecule has 0 amide bonds. The van der Waals surface area contributed by atoms with Crippen molar-refractivity contribution in [2.24, 2.45) is 0 Å². The third kappa shape index (κ3) is 3.62. The summed E-state index contributed by atoms with van der Waals surface area (Å²) in [6.45, 7) is 4.26. The van der Waals surface area contributed by atoms with Gasteiger partial charge < -0.3 is 19.1 Å². The van der Waals surface area contributed by atoms with E-state index in [2.05, 4.69) is 4.90 Å². The number of ether oxygens (including phenoxy) is 3.